The molecule has 0 atom stereocenters. The van der Waals surface area contributed by atoms with Crippen LogP contribution < -0.4 is 14.2 Å². The first-order valence-electron chi connectivity index (χ1n) is 14.1. The number of Topliss-reactive ketones (excluding diaryl/α,β-unsaturated/α-hetero) is 1. The minimum atomic E-state index is -0.518. The number of rotatable bonds is 14. The van der Waals surface area contributed by atoms with E-state index in [2.05, 4.69) is 38.3 Å². The summed E-state index contributed by atoms with van der Waals surface area (Å²) in [6, 6.07) is 10.2. The van der Waals surface area contributed by atoms with Gasteiger partial charge in [-0.25, -0.2) is 0 Å². The van der Waals surface area contributed by atoms with Crippen molar-refractivity contribution in [2.24, 2.45) is 0 Å². The number of hydrogen-bond acceptors (Lipinski definition) is 4. The van der Waals surface area contributed by atoms with E-state index in [1.165, 1.54) is 24.0 Å². The number of carbonyl (C=O) groups is 1. The zero-order valence-corrected chi connectivity index (χ0v) is 22.5. The number of benzene rings is 2. The second-order valence-corrected chi connectivity index (χ2v) is 10.4. The zero-order chi connectivity index (χ0) is 26.1. The van der Waals surface area contributed by atoms with Gasteiger partial charge in [-0.2, -0.15) is 0 Å². The summed E-state index contributed by atoms with van der Waals surface area (Å²) in [7, 11) is 0. The normalized spacial score (nSPS) is 15.8. The van der Waals surface area contributed by atoms with Gasteiger partial charge in [0.1, 0.15) is 22.8 Å². The third-order valence-corrected chi connectivity index (χ3v) is 7.58. The van der Waals surface area contributed by atoms with Crippen molar-refractivity contribution in [3.63, 3.8) is 0 Å². The molecule has 4 rings (SSSR count). The van der Waals surface area contributed by atoms with Crippen LogP contribution in [0.15, 0.2) is 55.6 Å². The van der Waals surface area contributed by atoms with E-state index in [9.17, 15) is 4.79 Å². The Labute approximate surface area is 222 Å². The van der Waals surface area contributed by atoms with Gasteiger partial charge in [-0.05, 0) is 87.1 Å². The molecule has 0 saturated carbocycles. The van der Waals surface area contributed by atoms with Gasteiger partial charge in [0.2, 0.25) is 0 Å². The fourth-order valence-corrected chi connectivity index (χ4v) is 5.65. The molecule has 4 heteroatoms. The quantitative estimate of drug-likeness (QED) is 0.194. The first-order valence-corrected chi connectivity index (χ1v) is 14.1. The molecule has 2 aromatic rings. The Hall–Kier alpha value is -3.01. The van der Waals surface area contributed by atoms with Crippen molar-refractivity contribution in [2.45, 2.75) is 89.6 Å². The number of ether oxygens (including phenoxy) is 3. The molecule has 0 radical (unpaired) electrons. The molecule has 4 nitrogen and oxygen atoms in total. The Bertz CT molecular complexity index is 1090. The van der Waals surface area contributed by atoms with Crippen LogP contribution in [0.4, 0.5) is 0 Å². The van der Waals surface area contributed by atoms with Gasteiger partial charge in [0.25, 0.3) is 0 Å². The summed E-state index contributed by atoms with van der Waals surface area (Å²) in [4.78, 5) is 13.2. The summed E-state index contributed by atoms with van der Waals surface area (Å²) in [5.74, 6) is 2.71. The van der Waals surface area contributed by atoms with Crippen LogP contribution in [0.3, 0.4) is 0 Å². The predicted molar refractivity (Wildman–Crippen MR) is 150 cm³/mol. The first-order chi connectivity index (χ1) is 18.1. The van der Waals surface area contributed by atoms with E-state index in [-0.39, 0.29) is 5.78 Å². The second-order valence-electron chi connectivity index (χ2n) is 10.4. The molecule has 0 amide bonds. The maximum Gasteiger partial charge on any atom is 0.170 e. The molecule has 37 heavy (non-hydrogen) atoms. The van der Waals surface area contributed by atoms with Crippen molar-refractivity contribution in [1.29, 1.82) is 0 Å². The lowest BCUT2D eigenvalue weighted by Crippen LogP contribution is -2.42. The zero-order valence-electron chi connectivity index (χ0n) is 22.5. The number of hydrogen-bond donors (Lipinski definition) is 0. The number of fused-ring (bicyclic) bond motifs is 2. The number of aryl methyl sites for hydroxylation is 1. The fourth-order valence-electron chi connectivity index (χ4n) is 5.65. The highest BCUT2D eigenvalue weighted by Gasteiger charge is 2.40. The minimum Gasteiger partial charge on any atom is -0.493 e. The summed E-state index contributed by atoms with van der Waals surface area (Å²) in [5.41, 5.74) is 3.99. The van der Waals surface area contributed by atoms with Crippen molar-refractivity contribution in [2.75, 3.05) is 13.2 Å². The van der Waals surface area contributed by atoms with Crippen molar-refractivity contribution < 1.29 is 19.0 Å². The third-order valence-electron chi connectivity index (χ3n) is 7.58. The molecule has 0 spiro atoms. The van der Waals surface area contributed by atoms with Gasteiger partial charge < -0.3 is 14.2 Å². The average molecular weight is 503 g/mol. The van der Waals surface area contributed by atoms with Crippen LogP contribution in [0, 0.1) is 0 Å². The topological polar surface area (TPSA) is 44.8 Å². The fraction of sp³-hybridized carbons (Fsp3) is 0.485. The standard InChI is InChI=1S/C33H42O4/c1-4-7-20-33(21-8-5-2)24-29(34)27-18-19-31(28(13-6-3)32(27)37-33)36-23-12-22-35-30-17-11-15-25-14-9-10-16-26(25)30/h4-5,11,15,17-19H,1-2,6-10,12-14,16,20-24H2,3H3. The molecule has 2 aliphatic rings. The summed E-state index contributed by atoms with van der Waals surface area (Å²) in [5, 5.41) is 0. The van der Waals surface area contributed by atoms with Crippen molar-refractivity contribution in [1.82, 2.24) is 0 Å². The number of carbonyl (C=O) groups excluding carboxylic acids is 1. The van der Waals surface area contributed by atoms with Crippen LogP contribution in [0.25, 0.3) is 0 Å². The van der Waals surface area contributed by atoms with E-state index in [1.54, 1.807) is 0 Å². The largest absolute Gasteiger partial charge is 0.493 e. The monoisotopic (exact) mass is 502 g/mol. The molecule has 0 fully saturated rings. The molecule has 1 heterocycles. The van der Waals surface area contributed by atoms with Gasteiger partial charge >= 0.3 is 0 Å². The highest BCUT2D eigenvalue weighted by Crippen LogP contribution is 2.44. The minimum absolute atomic E-state index is 0.151. The molecule has 0 bridgehead atoms. The Balaban J connectivity index is 1.44. The summed E-state index contributed by atoms with van der Waals surface area (Å²) in [6.07, 6.45) is 14.7. The van der Waals surface area contributed by atoms with Crippen LogP contribution in [0.2, 0.25) is 0 Å². The smallest absolute Gasteiger partial charge is 0.170 e. The van der Waals surface area contributed by atoms with Crippen LogP contribution in [-0.2, 0) is 19.3 Å². The molecule has 0 saturated heterocycles. The van der Waals surface area contributed by atoms with Gasteiger partial charge in [0.05, 0.1) is 25.2 Å². The lowest BCUT2D eigenvalue weighted by atomic mass is 9.82. The molecule has 198 valence electrons. The molecular weight excluding hydrogens is 460 g/mol. The Morgan fingerprint density at radius 2 is 1.70 bits per heavy atom. The summed E-state index contributed by atoms with van der Waals surface area (Å²) in [6.45, 7) is 11.1. The predicted octanol–water partition coefficient (Wildman–Crippen LogP) is 8.00. The van der Waals surface area contributed by atoms with E-state index < -0.39 is 5.60 Å². The maximum atomic E-state index is 13.2. The van der Waals surface area contributed by atoms with Crippen LogP contribution in [0.1, 0.15) is 91.8 Å². The van der Waals surface area contributed by atoms with Crippen LogP contribution in [-0.4, -0.2) is 24.6 Å². The SMILES string of the molecule is C=CCCC1(CCC=C)CC(=O)c2ccc(OCCCOc3cccc4c3CCCC4)c(CCC)c2O1. The molecular formula is C33H42O4. The Kier molecular flexibility index (Phi) is 9.49. The molecule has 0 N–H and O–H groups in total. The number of ketones is 1. The van der Waals surface area contributed by atoms with Gasteiger partial charge in [-0.15, -0.1) is 13.2 Å². The van der Waals surface area contributed by atoms with Gasteiger partial charge in [-0.3, -0.25) is 4.79 Å². The highest BCUT2D eigenvalue weighted by molar-refractivity contribution is 6.01. The van der Waals surface area contributed by atoms with E-state index in [4.69, 9.17) is 14.2 Å². The molecule has 0 unspecified atom stereocenters. The van der Waals surface area contributed by atoms with Crippen molar-refractivity contribution in [3.8, 4) is 17.2 Å². The summed E-state index contributed by atoms with van der Waals surface area (Å²) >= 11 is 0. The van der Waals surface area contributed by atoms with Crippen molar-refractivity contribution in [3.05, 3.63) is 77.9 Å². The Morgan fingerprint density at radius 3 is 2.43 bits per heavy atom. The van der Waals surface area contributed by atoms with E-state index >= 15 is 0 Å². The van der Waals surface area contributed by atoms with Crippen LogP contribution >= 0.6 is 0 Å². The van der Waals surface area contributed by atoms with Gasteiger partial charge in [0, 0.05) is 12.0 Å². The first kappa shape index (κ1) is 27.0. The van der Waals surface area contributed by atoms with Crippen molar-refractivity contribution >= 4 is 5.78 Å². The highest BCUT2D eigenvalue weighted by atomic mass is 16.5. The maximum absolute atomic E-state index is 13.2. The molecule has 1 aliphatic carbocycles. The lowest BCUT2D eigenvalue weighted by molar-refractivity contribution is 0.0284. The van der Waals surface area contributed by atoms with E-state index in [0.717, 1.165) is 80.6 Å². The molecule has 1 aliphatic heterocycles. The third kappa shape index (κ3) is 6.47. The average Bonchev–Trinajstić information content (AvgIpc) is 2.92. The van der Waals surface area contributed by atoms with E-state index in [0.29, 0.717) is 25.2 Å². The molecule has 2 aromatic carbocycles. The van der Waals surface area contributed by atoms with Crippen LogP contribution in [0.5, 0.6) is 17.2 Å². The number of allylic oxidation sites excluding steroid dienone is 2. The van der Waals surface area contributed by atoms with Gasteiger partial charge in [-0.1, -0.05) is 37.6 Å². The molecule has 0 aromatic heterocycles. The summed E-state index contributed by atoms with van der Waals surface area (Å²) < 4.78 is 19.2. The second kappa shape index (κ2) is 13.0. The lowest BCUT2D eigenvalue weighted by Gasteiger charge is -2.39. The van der Waals surface area contributed by atoms with Gasteiger partial charge in [0.15, 0.2) is 5.78 Å². The van der Waals surface area contributed by atoms with E-state index in [1.807, 2.05) is 24.3 Å². The Morgan fingerprint density at radius 1 is 0.973 bits per heavy atom.